The molecule has 0 aliphatic carbocycles. The number of phenols is 1. The van der Waals surface area contributed by atoms with Crippen LogP contribution in [-0.2, 0) is 4.79 Å². The van der Waals surface area contributed by atoms with Gasteiger partial charge in [-0.1, -0.05) is 0 Å². The minimum Gasteiger partial charge on any atom is -0.507 e. The summed E-state index contributed by atoms with van der Waals surface area (Å²) in [4.78, 5) is 21.9. The first-order valence-corrected chi connectivity index (χ1v) is 5.35. The predicted molar refractivity (Wildman–Crippen MR) is 65.0 cm³/mol. The number of carboxylic acids is 1. The van der Waals surface area contributed by atoms with Crippen LogP contribution in [0.5, 0.6) is 11.5 Å². The zero-order valence-corrected chi connectivity index (χ0v) is 10.1. The van der Waals surface area contributed by atoms with Gasteiger partial charge in [-0.2, -0.15) is 0 Å². The SMILES string of the molecule is CC(C)Oc1ccc(O)c(C(=O)/C=C/C(=O)O)c1. The van der Waals surface area contributed by atoms with Crippen LogP contribution < -0.4 is 4.74 Å². The van der Waals surface area contributed by atoms with E-state index in [4.69, 9.17) is 9.84 Å². The highest BCUT2D eigenvalue weighted by molar-refractivity contribution is 6.08. The molecule has 0 saturated heterocycles. The van der Waals surface area contributed by atoms with Crippen molar-refractivity contribution in [1.29, 1.82) is 0 Å². The normalized spacial score (nSPS) is 10.8. The second kappa shape index (κ2) is 5.86. The van der Waals surface area contributed by atoms with E-state index < -0.39 is 11.8 Å². The number of ketones is 1. The van der Waals surface area contributed by atoms with Crippen molar-refractivity contribution in [3.05, 3.63) is 35.9 Å². The van der Waals surface area contributed by atoms with Crippen molar-refractivity contribution in [3.8, 4) is 11.5 Å². The molecule has 0 aliphatic heterocycles. The Morgan fingerprint density at radius 2 is 1.94 bits per heavy atom. The van der Waals surface area contributed by atoms with Crippen LogP contribution in [0, 0.1) is 0 Å². The molecular formula is C13H14O5. The van der Waals surface area contributed by atoms with Gasteiger partial charge in [-0.3, -0.25) is 4.79 Å². The fourth-order valence-electron chi connectivity index (χ4n) is 1.29. The quantitative estimate of drug-likeness (QED) is 0.616. The van der Waals surface area contributed by atoms with Crippen LogP contribution in [0.2, 0.25) is 0 Å². The van der Waals surface area contributed by atoms with E-state index >= 15 is 0 Å². The second-order valence-electron chi connectivity index (χ2n) is 3.88. The molecule has 5 nitrogen and oxygen atoms in total. The van der Waals surface area contributed by atoms with Gasteiger partial charge in [-0.15, -0.1) is 0 Å². The van der Waals surface area contributed by atoms with Gasteiger partial charge in [0.05, 0.1) is 11.7 Å². The number of allylic oxidation sites excluding steroid dienone is 1. The smallest absolute Gasteiger partial charge is 0.328 e. The van der Waals surface area contributed by atoms with Crippen molar-refractivity contribution in [2.75, 3.05) is 0 Å². The van der Waals surface area contributed by atoms with Gasteiger partial charge < -0.3 is 14.9 Å². The summed E-state index contributed by atoms with van der Waals surface area (Å²) in [5.74, 6) is -1.59. The molecule has 0 saturated carbocycles. The zero-order chi connectivity index (χ0) is 13.7. The summed E-state index contributed by atoms with van der Waals surface area (Å²) < 4.78 is 5.38. The van der Waals surface area contributed by atoms with Gasteiger partial charge in [-0.05, 0) is 38.1 Å². The summed E-state index contributed by atoms with van der Waals surface area (Å²) >= 11 is 0. The first-order chi connectivity index (χ1) is 8.40. The minimum absolute atomic E-state index is 0.00523. The van der Waals surface area contributed by atoms with Crippen LogP contribution in [0.4, 0.5) is 0 Å². The molecule has 0 heterocycles. The predicted octanol–water partition coefficient (Wildman–Crippen LogP) is 2.00. The maximum absolute atomic E-state index is 11.6. The maximum Gasteiger partial charge on any atom is 0.328 e. The monoisotopic (exact) mass is 250 g/mol. The van der Waals surface area contributed by atoms with Crippen molar-refractivity contribution in [1.82, 2.24) is 0 Å². The second-order valence-corrected chi connectivity index (χ2v) is 3.88. The van der Waals surface area contributed by atoms with E-state index in [1.807, 2.05) is 13.8 Å². The Bertz CT molecular complexity index is 488. The van der Waals surface area contributed by atoms with Gasteiger partial charge in [0.15, 0.2) is 5.78 Å². The number of hydrogen-bond acceptors (Lipinski definition) is 4. The van der Waals surface area contributed by atoms with E-state index in [-0.39, 0.29) is 17.4 Å². The van der Waals surface area contributed by atoms with Crippen LogP contribution in [-0.4, -0.2) is 28.1 Å². The number of carbonyl (C=O) groups excluding carboxylic acids is 1. The number of aromatic hydroxyl groups is 1. The number of phenolic OH excluding ortho intramolecular Hbond substituents is 1. The molecular weight excluding hydrogens is 236 g/mol. The van der Waals surface area contributed by atoms with Crippen molar-refractivity contribution < 1.29 is 24.5 Å². The molecule has 0 atom stereocenters. The molecule has 1 rings (SSSR count). The van der Waals surface area contributed by atoms with Crippen LogP contribution in [0.1, 0.15) is 24.2 Å². The standard InChI is InChI=1S/C13H14O5/c1-8(2)18-9-3-4-11(14)10(7-9)12(15)5-6-13(16)17/h3-8,14H,1-2H3,(H,16,17)/b6-5+. The Balaban J connectivity index is 3.00. The zero-order valence-electron chi connectivity index (χ0n) is 10.1. The molecule has 0 spiro atoms. The van der Waals surface area contributed by atoms with E-state index in [0.29, 0.717) is 5.75 Å². The third-order valence-electron chi connectivity index (χ3n) is 1.98. The largest absolute Gasteiger partial charge is 0.507 e. The lowest BCUT2D eigenvalue weighted by atomic mass is 10.1. The molecule has 0 aliphatic rings. The van der Waals surface area contributed by atoms with Crippen LogP contribution in [0.3, 0.4) is 0 Å². The van der Waals surface area contributed by atoms with Gasteiger partial charge in [0.1, 0.15) is 11.5 Å². The van der Waals surface area contributed by atoms with Gasteiger partial charge >= 0.3 is 5.97 Å². The third-order valence-corrected chi connectivity index (χ3v) is 1.98. The lowest BCUT2D eigenvalue weighted by molar-refractivity contribution is -0.131. The average Bonchev–Trinajstić information content (AvgIpc) is 2.28. The van der Waals surface area contributed by atoms with Crippen molar-refractivity contribution in [2.45, 2.75) is 20.0 Å². The summed E-state index contributed by atoms with van der Waals surface area (Å²) in [6, 6.07) is 4.25. The molecule has 0 unspecified atom stereocenters. The Morgan fingerprint density at radius 3 is 2.50 bits per heavy atom. The number of carbonyl (C=O) groups is 2. The summed E-state index contributed by atoms with van der Waals surface area (Å²) in [6.45, 7) is 3.66. The molecule has 1 aromatic carbocycles. The van der Waals surface area contributed by atoms with Crippen molar-refractivity contribution in [3.63, 3.8) is 0 Å². The lowest BCUT2D eigenvalue weighted by Crippen LogP contribution is -2.06. The number of hydrogen-bond donors (Lipinski definition) is 2. The fraction of sp³-hybridized carbons (Fsp3) is 0.231. The molecule has 5 heteroatoms. The van der Waals surface area contributed by atoms with Crippen molar-refractivity contribution in [2.24, 2.45) is 0 Å². The van der Waals surface area contributed by atoms with Crippen LogP contribution in [0.15, 0.2) is 30.4 Å². The van der Waals surface area contributed by atoms with Gasteiger partial charge in [0, 0.05) is 6.08 Å². The summed E-state index contributed by atoms with van der Waals surface area (Å²) in [7, 11) is 0. The first kappa shape index (κ1) is 13.8. The molecule has 0 bridgehead atoms. The topological polar surface area (TPSA) is 83.8 Å². The Morgan fingerprint density at radius 1 is 1.28 bits per heavy atom. The highest BCUT2D eigenvalue weighted by Gasteiger charge is 2.11. The van der Waals surface area contributed by atoms with Crippen LogP contribution >= 0.6 is 0 Å². The molecule has 0 amide bonds. The average molecular weight is 250 g/mol. The summed E-state index contributed by atoms with van der Waals surface area (Å²) in [5, 5.41) is 18.0. The molecule has 96 valence electrons. The molecule has 0 radical (unpaired) electrons. The van der Waals surface area contributed by atoms with E-state index in [2.05, 4.69) is 0 Å². The van der Waals surface area contributed by atoms with Crippen LogP contribution in [0.25, 0.3) is 0 Å². The molecule has 1 aromatic rings. The number of rotatable bonds is 5. The fourth-order valence-corrected chi connectivity index (χ4v) is 1.29. The van der Waals surface area contributed by atoms with E-state index in [1.165, 1.54) is 18.2 Å². The Hall–Kier alpha value is -2.30. The highest BCUT2D eigenvalue weighted by Crippen LogP contribution is 2.24. The van der Waals surface area contributed by atoms with Gasteiger partial charge in [0.25, 0.3) is 0 Å². The lowest BCUT2D eigenvalue weighted by Gasteiger charge is -2.10. The van der Waals surface area contributed by atoms with E-state index in [0.717, 1.165) is 12.2 Å². The molecule has 18 heavy (non-hydrogen) atoms. The van der Waals surface area contributed by atoms with Crippen molar-refractivity contribution >= 4 is 11.8 Å². The van der Waals surface area contributed by atoms with Gasteiger partial charge in [0.2, 0.25) is 0 Å². The van der Waals surface area contributed by atoms with E-state index in [1.54, 1.807) is 0 Å². The highest BCUT2D eigenvalue weighted by atomic mass is 16.5. The molecule has 0 fully saturated rings. The Kier molecular flexibility index (Phi) is 4.48. The molecule has 2 N–H and O–H groups in total. The van der Waals surface area contributed by atoms with Gasteiger partial charge in [-0.25, -0.2) is 4.79 Å². The molecule has 0 aromatic heterocycles. The summed E-state index contributed by atoms with van der Waals surface area (Å²) in [5.41, 5.74) is 0.00523. The number of carboxylic acid groups (broad SMARTS) is 1. The minimum atomic E-state index is -1.22. The maximum atomic E-state index is 11.6. The Labute approximate surface area is 104 Å². The summed E-state index contributed by atoms with van der Waals surface area (Å²) in [6.07, 6.45) is 1.54. The third kappa shape index (κ3) is 3.93. The number of aliphatic carboxylic acids is 1. The number of benzene rings is 1. The van der Waals surface area contributed by atoms with E-state index in [9.17, 15) is 14.7 Å². The first-order valence-electron chi connectivity index (χ1n) is 5.35. The number of ether oxygens (including phenoxy) is 1.